The Morgan fingerprint density at radius 3 is 2.67 bits per heavy atom. The number of halogens is 1. The van der Waals surface area contributed by atoms with Gasteiger partial charge < -0.3 is 21.9 Å². The third kappa shape index (κ3) is 4.14. The molecule has 0 bridgehead atoms. The molecule has 0 saturated heterocycles. The zero-order chi connectivity index (χ0) is 13.5. The lowest BCUT2D eigenvalue weighted by atomic mass is 10.3. The van der Waals surface area contributed by atoms with Crippen LogP contribution in [0, 0.1) is 0 Å². The van der Waals surface area contributed by atoms with Crippen LogP contribution in [-0.2, 0) is 0 Å². The monoisotopic (exact) mass is 269 g/mol. The lowest BCUT2D eigenvalue weighted by Crippen LogP contribution is -2.26. The van der Waals surface area contributed by atoms with Crippen LogP contribution >= 0.6 is 11.6 Å². The molecule has 1 aromatic carbocycles. The summed E-state index contributed by atoms with van der Waals surface area (Å²) in [5, 5.41) is 0.460. The Kier molecular flexibility index (Phi) is 5.26. The maximum Gasteiger partial charge on any atom is 0.223 e. The molecule has 0 unspecified atom stereocenters. The first-order valence-corrected chi connectivity index (χ1v) is 5.77. The quantitative estimate of drug-likeness (QED) is 0.566. The first-order chi connectivity index (χ1) is 8.54. The number of ether oxygens (including phenoxy) is 1. The summed E-state index contributed by atoms with van der Waals surface area (Å²) < 4.78 is 5.52. The molecule has 1 aromatic rings. The third-order valence-corrected chi connectivity index (χ3v) is 2.17. The van der Waals surface area contributed by atoms with Crippen LogP contribution in [0.5, 0.6) is 5.75 Å². The normalized spacial score (nSPS) is 11.1. The Hall–Kier alpha value is -1.95. The average molecular weight is 270 g/mol. The summed E-state index contributed by atoms with van der Waals surface area (Å²) in [4.78, 5) is 7.68. The Labute approximate surface area is 110 Å². The minimum atomic E-state index is -0.158. The van der Waals surface area contributed by atoms with Crippen LogP contribution in [0.1, 0.15) is 13.3 Å². The van der Waals surface area contributed by atoms with Crippen molar-refractivity contribution in [3.63, 3.8) is 0 Å². The number of benzene rings is 1. The topological polar surface area (TPSA) is 112 Å². The smallest absolute Gasteiger partial charge is 0.223 e. The van der Waals surface area contributed by atoms with Gasteiger partial charge in [0, 0.05) is 0 Å². The van der Waals surface area contributed by atoms with Crippen molar-refractivity contribution in [3.8, 4) is 5.75 Å². The van der Waals surface area contributed by atoms with Crippen LogP contribution < -0.4 is 21.9 Å². The molecule has 7 heteroatoms. The molecule has 1 rings (SSSR count). The van der Waals surface area contributed by atoms with Crippen molar-refractivity contribution >= 4 is 29.2 Å². The zero-order valence-corrected chi connectivity index (χ0v) is 10.8. The second-order valence-electron chi connectivity index (χ2n) is 3.44. The zero-order valence-electron chi connectivity index (χ0n) is 10.1. The van der Waals surface area contributed by atoms with Gasteiger partial charge in [-0.3, -0.25) is 0 Å². The van der Waals surface area contributed by atoms with E-state index < -0.39 is 0 Å². The molecule has 0 fully saturated rings. The lowest BCUT2D eigenvalue weighted by molar-refractivity contribution is 0.319. The molecular weight excluding hydrogens is 254 g/mol. The van der Waals surface area contributed by atoms with Gasteiger partial charge in [-0.1, -0.05) is 24.6 Å². The van der Waals surface area contributed by atoms with Crippen LogP contribution in [0.3, 0.4) is 0 Å². The molecule has 6 N–H and O–H groups in total. The van der Waals surface area contributed by atoms with E-state index in [-0.39, 0.29) is 11.9 Å². The van der Waals surface area contributed by atoms with Crippen LogP contribution in [0.25, 0.3) is 0 Å². The minimum Gasteiger partial charge on any atom is -0.490 e. The molecule has 0 atom stereocenters. The van der Waals surface area contributed by atoms with Gasteiger partial charge in [-0.25, -0.2) is 4.99 Å². The maximum atomic E-state index is 6.03. The fourth-order valence-corrected chi connectivity index (χ4v) is 1.44. The van der Waals surface area contributed by atoms with Gasteiger partial charge >= 0.3 is 0 Å². The summed E-state index contributed by atoms with van der Waals surface area (Å²) in [6.07, 6.45) is 0.859. The fourth-order valence-electron chi connectivity index (χ4n) is 1.21. The highest BCUT2D eigenvalue weighted by molar-refractivity contribution is 6.32. The molecule has 0 heterocycles. The van der Waals surface area contributed by atoms with Gasteiger partial charge in [0.25, 0.3) is 0 Å². The fraction of sp³-hybridized carbons (Fsp3) is 0.273. The minimum absolute atomic E-state index is 0.0568. The third-order valence-electron chi connectivity index (χ3n) is 1.88. The molecule has 98 valence electrons. The van der Waals surface area contributed by atoms with E-state index >= 15 is 0 Å². The highest BCUT2D eigenvalue weighted by Gasteiger charge is 2.08. The van der Waals surface area contributed by atoms with Gasteiger partial charge in [-0.15, -0.1) is 0 Å². The first-order valence-electron chi connectivity index (χ1n) is 5.39. The molecule has 0 saturated carbocycles. The Morgan fingerprint density at radius 1 is 1.33 bits per heavy atom. The molecule has 0 aliphatic carbocycles. The average Bonchev–Trinajstić information content (AvgIpc) is 2.27. The predicted octanol–water partition coefficient (Wildman–Crippen LogP) is 1.35. The number of rotatable bonds is 4. The predicted molar refractivity (Wildman–Crippen MR) is 74.3 cm³/mol. The molecule has 0 aliphatic rings. The number of nitrogens with zero attached hydrogens (tertiary/aromatic N) is 2. The van der Waals surface area contributed by atoms with E-state index in [4.69, 9.17) is 33.5 Å². The summed E-state index contributed by atoms with van der Waals surface area (Å²) in [7, 11) is 0. The largest absolute Gasteiger partial charge is 0.490 e. The Bertz CT molecular complexity index is 469. The van der Waals surface area contributed by atoms with E-state index in [1.165, 1.54) is 0 Å². The van der Waals surface area contributed by atoms with Gasteiger partial charge in [0.05, 0.1) is 11.6 Å². The number of para-hydroxylation sites is 1. The van der Waals surface area contributed by atoms with Crippen LogP contribution in [0.15, 0.2) is 28.2 Å². The van der Waals surface area contributed by atoms with E-state index in [2.05, 4.69) is 9.98 Å². The van der Waals surface area contributed by atoms with Gasteiger partial charge in [0.15, 0.2) is 11.7 Å². The van der Waals surface area contributed by atoms with E-state index in [1.807, 2.05) is 6.92 Å². The van der Waals surface area contributed by atoms with Gasteiger partial charge in [-0.05, 0) is 18.6 Å². The molecular formula is C11H16ClN5O. The van der Waals surface area contributed by atoms with Crippen molar-refractivity contribution < 1.29 is 4.74 Å². The van der Waals surface area contributed by atoms with Crippen molar-refractivity contribution in [1.29, 1.82) is 0 Å². The SMILES string of the molecule is CCCOc1c(Cl)cccc1N=C(N)N=C(N)N. The van der Waals surface area contributed by atoms with Gasteiger partial charge in [0.1, 0.15) is 5.69 Å². The van der Waals surface area contributed by atoms with Crippen molar-refractivity contribution in [2.45, 2.75) is 13.3 Å². The molecule has 0 aliphatic heterocycles. The number of guanidine groups is 2. The summed E-state index contributed by atoms with van der Waals surface area (Å²) in [6.45, 7) is 2.53. The second kappa shape index (κ2) is 6.70. The van der Waals surface area contributed by atoms with Gasteiger partial charge in [0.2, 0.25) is 5.96 Å². The Balaban J connectivity index is 3.08. The highest BCUT2D eigenvalue weighted by Crippen LogP contribution is 2.35. The highest BCUT2D eigenvalue weighted by atomic mass is 35.5. The van der Waals surface area contributed by atoms with E-state index in [0.29, 0.717) is 23.1 Å². The summed E-state index contributed by atoms with van der Waals surface area (Å²) in [5.74, 6) is 0.252. The molecule has 0 aromatic heterocycles. The molecule has 0 spiro atoms. The van der Waals surface area contributed by atoms with Crippen molar-refractivity contribution in [2.75, 3.05) is 6.61 Å². The van der Waals surface area contributed by atoms with Gasteiger partial charge in [-0.2, -0.15) is 4.99 Å². The first kappa shape index (κ1) is 14.1. The Morgan fingerprint density at radius 2 is 2.06 bits per heavy atom. The van der Waals surface area contributed by atoms with Crippen LogP contribution in [0.2, 0.25) is 5.02 Å². The number of hydrogen-bond acceptors (Lipinski definition) is 2. The second-order valence-corrected chi connectivity index (χ2v) is 3.85. The molecule has 18 heavy (non-hydrogen) atoms. The lowest BCUT2D eigenvalue weighted by Gasteiger charge is -2.09. The van der Waals surface area contributed by atoms with E-state index in [9.17, 15) is 0 Å². The molecule has 6 nitrogen and oxygen atoms in total. The number of hydrogen-bond donors (Lipinski definition) is 3. The summed E-state index contributed by atoms with van der Waals surface area (Å²) in [6, 6.07) is 5.16. The van der Waals surface area contributed by atoms with Crippen LogP contribution in [0.4, 0.5) is 5.69 Å². The van der Waals surface area contributed by atoms with E-state index in [0.717, 1.165) is 6.42 Å². The summed E-state index contributed by atoms with van der Waals surface area (Å²) in [5.41, 5.74) is 16.5. The maximum absolute atomic E-state index is 6.03. The molecule has 0 radical (unpaired) electrons. The number of nitrogens with two attached hydrogens (primary N) is 3. The van der Waals surface area contributed by atoms with Crippen molar-refractivity contribution in [1.82, 2.24) is 0 Å². The molecule has 0 amide bonds. The van der Waals surface area contributed by atoms with Crippen LogP contribution in [-0.4, -0.2) is 18.5 Å². The summed E-state index contributed by atoms with van der Waals surface area (Å²) >= 11 is 6.03. The standard InChI is InChI=1S/C11H16ClN5O/c1-2-6-18-9-7(12)4-3-5-8(9)16-11(15)17-10(13)14/h3-5H,2,6H2,1H3,(H6,13,14,15,16,17). The van der Waals surface area contributed by atoms with Crippen molar-refractivity contribution in [3.05, 3.63) is 23.2 Å². The number of aliphatic imine (C=N–C) groups is 2. The van der Waals surface area contributed by atoms with E-state index in [1.54, 1.807) is 18.2 Å². The van der Waals surface area contributed by atoms with Crippen molar-refractivity contribution in [2.24, 2.45) is 27.2 Å².